The van der Waals surface area contributed by atoms with Gasteiger partial charge in [0.2, 0.25) is 0 Å². The second kappa shape index (κ2) is 4.40. The molecular weight excluding hydrogens is 164 g/mol. The topological polar surface area (TPSA) is 26.7 Å². The van der Waals surface area contributed by atoms with E-state index >= 15 is 0 Å². The van der Waals surface area contributed by atoms with Gasteiger partial charge in [-0.15, -0.1) is 0 Å². The third-order valence-electron chi connectivity index (χ3n) is 3.41. The predicted molar refractivity (Wildman–Crippen MR) is 52.5 cm³/mol. The van der Waals surface area contributed by atoms with Crippen LogP contribution in [-0.2, 0) is 0 Å². The Balaban J connectivity index is 1.77. The van der Waals surface area contributed by atoms with Crippen molar-refractivity contribution in [1.82, 2.24) is 9.80 Å². The van der Waals surface area contributed by atoms with Crippen LogP contribution in [0.1, 0.15) is 25.7 Å². The summed E-state index contributed by atoms with van der Waals surface area (Å²) in [5.41, 5.74) is 0. The zero-order valence-corrected chi connectivity index (χ0v) is 8.28. The van der Waals surface area contributed by atoms with Crippen molar-refractivity contribution in [3.63, 3.8) is 0 Å². The normalized spacial score (nSPS) is 28.4. The Labute approximate surface area is 80.3 Å². The third kappa shape index (κ3) is 2.22. The number of rotatable bonds is 2. The minimum atomic E-state index is 0.243. The molecule has 0 radical (unpaired) electrons. The quantitative estimate of drug-likeness (QED) is 0.677. The fraction of sp³-hybridized carbons (Fsp3) is 1.00. The Bertz CT molecular complexity index is 149. The molecule has 0 atom stereocenters. The van der Waals surface area contributed by atoms with Crippen molar-refractivity contribution in [2.24, 2.45) is 0 Å². The molecule has 2 rings (SSSR count). The molecule has 2 saturated heterocycles. The third-order valence-corrected chi connectivity index (χ3v) is 3.41. The van der Waals surface area contributed by atoms with E-state index in [-0.39, 0.29) is 6.73 Å². The molecule has 2 heterocycles. The van der Waals surface area contributed by atoms with Crippen LogP contribution in [0.25, 0.3) is 0 Å². The molecular formula is C10H20N2O. The Morgan fingerprint density at radius 1 is 1.00 bits per heavy atom. The van der Waals surface area contributed by atoms with Gasteiger partial charge in [-0.3, -0.25) is 4.90 Å². The Morgan fingerprint density at radius 2 is 1.62 bits per heavy atom. The van der Waals surface area contributed by atoms with Crippen molar-refractivity contribution in [1.29, 1.82) is 0 Å². The van der Waals surface area contributed by atoms with E-state index in [0.717, 1.165) is 19.1 Å². The number of piperidine rings is 1. The Hall–Kier alpha value is -0.120. The molecule has 76 valence electrons. The van der Waals surface area contributed by atoms with Crippen LogP contribution in [0, 0.1) is 0 Å². The second-order valence-electron chi connectivity index (χ2n) is 4.23. The lowest BCUT2D eigenvalue weighted by molar-refractivity contribution is 0.0569. The largest absolute Gasteiger partial charge is 0.381 e. The maximum Gasteiger partial charge on any atom is 0.0956 e. The van der Waals surface area contributed by atoms with Crippen LogP contribution in [0.4, 0.5) is 0 Å². The molecule has 1 N–H and O–H groups in total. The Morgan fingerprint density at radius 3 is 2.15 bits per heavy atom. The van der Waals surface area contributed by atoms with E-state index in [2.05, 4.69) is 9.80 Å². The van der Waals surface area contributed by atoms with Gasteiger partial charge in [0.15, 0.2) is 0 Å². The van der Waals surface area contributed by atoms with Crippen LogP contribution in [-0.4, -0.2) is 53.9 Å². The molecule has 0 amide bonds. The minimum absolute atomic E-state index is 0.243. The smallest absolute Gasteiger partial charge is 0.0956 e. The highest BCUT2D eigenvalue weighted by Gasteiger charge is 2.25. The van der Waals surface area contributed by atoms with Crippen LogP contribution in [0.15, 0.2) is 0 Å². The average molecular weight is 184 g/mol. The van der Waals surface area contributed by atoms with E-state index in [1.54, 1.807) is 0 Å². The maximum absolute atomic E-state index is 8.95. The van der Waals surface area contributed by atoms with Crippen molar-refractivity contribution in [3.05, 3.63) is 0 Å². The molecule has 0 saturated carbocycles. The summed E-state index contributed by atoms with van der Waals surface area (Å²) in [6, 6.07) is 0.810. The summed E-state index contributed by atoms with van der Waals surface area (Å²) in [5, 5.41) is 8.95. The van der Waals surface area contributed by atoms with E-state index in [1.165, 1.54) is 38.8 Å². The minimum Gasteiger partial charge on any atom is -0.381 e. The molecule has 0 spiro atoms. The second-order valence-corrected chi connectivity index (χ2v) is 4.23. The summed E-state index contributed by atoms with van der Waals surface area (Å²) < 4.78 is 0. The first-order chi connectivity index (χ1) is 6.40. The van der Waals surface area contributed by atoms with Gasteiger partial charge >= 0.3 is 0 Å². The maximum atomic E-state index is 8.95. The first-order valence-electron chi connectivity index (χ1n) is 5.47. The van der Waals surface area contributed by atoms with Gasteiger partial charge in [-0.25, -0.2) is 0 Å². The average Bonchev–Trinajstić information content (AvgIpc) is 2.71. The fourth-order valence-electron chi connectivity index (χ4n) is 2.53. The molecule has 2 aliphatic rings. The van der Waals surface area contributed by atoms with Crippen LogP contribution in [0.3, 0.4) is 0 Å². The van der Waals surface area contributed by atoms with Crippen LogP contribution in [0.2, 0.25) is 0 Å². The fourth-order valence-corrected chi connectivity index (χ4v) is 2.53. The standard InChI is InChI=1S/C10H20N2O/c13-9-11-7-3-10(4-8-11)12-5-1-2-6-12/h10,13H,1-9H2. The molecule has 3 nitrogen and oxygen atoms in total. The molecule has 0 aromatic rings. The van der Waals surface area contributed by atoms with E-state index < -0.39 is 0 Å². The van der Waals surface area contributed by atoms with Crippen molar-refractivity contribution in [2.45, 2.75) is 31.7 Å². The lowest BCUT2D eigenvalue weighted by Gasteiger charge is -2.35. The van der Waals surface area contributed by atoms with Gasteiger partial charge in [-0.1, -0.05) is 0 Å². The zero-order valence-electron chi connectivity index (χ0n) is 8.28. The lowest BCUT2D eigenvalue weighted by atomic mass is 10.0. The molecule has 0 aliphatic carbocycles. The molecule has 0 aromatic heterocycles. The van der Waals surface area contributed by atoms with Gasteiger partial charge in [-0.05, 0) is 38.8 Å². The summed E-state index contributed by atoms with van der Waals surface area (Å²) in [6.45, 7) is 5.02. The highest BCUT2D eigenvalue weighted by Crippen LogP contribution is 2.20. The number of aliphatic hydroxyl groups excluding tert-OH is 1. The van der Waals surface area contributed by atoms with Crippen molar-refractivity contribution in [3.8, 4) is 0 Å². The number of likely N-dealkylation sites (tertiary alicyclic amines) is 2. The molecule has 0 bridgehead atoms. The molecule has 0 unspecified atom stereocenters. The number of nitrogens with zero attached hydrogens (tertiary/aromatic N) is 2. The van der Waals surface area contributed by atoms with Crippen molar-refractivity contribution >= 4 is 0 Å². The first-order valence-corrected chi connectivity index (χ1v) is 5.47. The summed E-state index contributed by atoms with van der Waals surface area (Å²) >= 11 is 0. The number of hydrogen-bond donors (Lipinski definition) is 1. The number of aliphatic hydroxyl groups is 1. The van der Waals surface area contributed by atoms with E-state index in [1.807, 2.05) is 0 Å². The van der Waals surface area contributed by atoms with E-state index in [9.17, 15) is 0 Å². The molecule has 2 fully saturated rings. The summed E-state index contributed by atoms with van der Waals surface area (Å²) in [5.74, 6) is 0. The van der Waals surface area contributed by atoms with Gasteiger partial charge in [-0.2, -0.15) is 0 Å². The van der Waals surface area contributed by atoms with Crippen molar-refractivity contribution in [2.75, 3.05) is 32.9 Å². The predicted octanol–water partition coefficient (Wildman–Crippen LogP) is 0.496. The summed E-state index contributed by atoms with van der Waals surface area (Å²) in [7, 11) is 0. The van der Waals surface area contributed by atoms with E-state index in [0.29, 0.717) is 0 Å². The van der Waals surface area contributed by atoms with Crippen molar-refractivity contribution < 1.29 is 5.11 Å². The SMILES string of the molecule is OCN1CCC(N2CCCC2)CC1. The molecule has 0 aromatic carbocycles. The van der Waals surface area contributed by atoms with Gasteiger partial charge in [0.05, 0.1) is 6.73 Å². The summed E-state index contributed by atoms with van der Waals surface area (Å²) in [4.78, 5) is 4.77. The van der Waals surface area contributed by atoms with Gasteiger partial charge < -0.3 is 10.0 Å². The molecule has 3 heteroatoms. The molecule has 13 heavy (non-hydrogen) atoms. The van der Waals surface area contributed by atoms with Gasteiger partial charge in [0.25, 0.3) is 0 Å². The Kier molecular flexibility index (Phi) is 3.19. The van der Waals surface area contributed by atoms with Crippen LogP contribution >= 0.6 is 0 Å². The van der Waals surface area contributed by atoms with Gasteiger partial charge in [0.1, 0.15) is 0 Å². The van der Waals surface area contributed by atoms with Gasteiger partial charge in [0, 0.05) is 19.1 Å². The zero-order chi connectivity index (χ0) is 9.10. The van der Waals surface area contributed by atoms with Crippen LogP contribution in [0.5, 0.6) is 0 Å². The highest BCUT2D eigenvalue weighted by atomic mass is 16.3. The van der Waals surface area contributed by atoms with Crippen LogP contribution < -0.4 is 0 Å². The summed E-state index contributed by atoms with van der Waals surface area (Å²) in [6.07, 6.45) is 5.28. The molecule has 2 aliphatic heterocycles. The number of hydrogen-bond acceptors (Lipinski definition) is 3. The highest BCUT2D eigenvalue weighted by molar-refractivity contribution is 4.81. The first kappa shape index (κ1) is 9.44. The van der Waals surface area contributed by atoms with E-state index in [4.69, 9.17) is 5.11 Å². The monoisotopic (exact) mass is 184 g/mol. The lowest BCUT2D eigenvalue weighted by Crippen LogP contribution is -2.43.